The molecule has 0 fully saturated rings. The van der Waals surface area contributed by atoms with Crippen molar-refractivity contribution in [2.45, 2.75) is 0 Å². The zero-order chi connectivity index (χ0) is 15.0. The first-order chi connectivity index (χ1) is 10.1. The maximum absolute atomic E-state index is 14.2. The van der Waals surface area contributed by atoms with Crippen LogP contribution in [0.1, 0.15) is 0 Å². The second-order valence-corrected chi connectivity index (χ2v) is 4.73. The molecule has 3 rings (SSSR count). The number of anilines is 1. The van der Waals surface area contributed by atoms with Gasteiger partial charge in [0.25, 0.3) is 0 Å². The van der Waals surface area contributed by atoms with E-state index in [2.05, 4.69) is 15.2 Å². The van der Waals surface area contributed by atoms with Crippen molar-refractivity contribution < 1.29 is 8.78 Å². The molecule has 2 aromatic heterocycles. The van der Waals surface area contributed by atoms with Crippen LogP contribution in [0.3, 0.4) is 0 Å². The van der Waals surface area contributed by atoms with E-state index in [0.717, 1.165) is 6.20 Å². The van der Waals surface area contributed by atoms with Gasteiger partial charge in [0.15, 0.2) is 5.82 Å². The lowest BCUT2D eigenvalue weighted by atomic mass is 10.0. The highest BCUT2D eigenvalue weighted by molar-refractivity contribution is 6.31. The Balaban J connectivity index is 2.22. The number of hydrogen-bond donors (Lipinski definition) is 2. The predicted molar refractivity (Wildman–Crippen MR) is 76.6 cm³/mol. The Kier molecular flexibility index (Phi) is 3.31. The molecule has 21 heavy (non-hydrogen) atoms. The first kappa shape index (κ1) is 13.5. The van der Waals surface area contributed by atoms with Crippen LogP contribution in [0.2, 0.25) is 5.02 Å². The van der Waals surface area contributed by atoms with E-state index in [1.165, 1.54) is 24.3 Å². The van der Waals surface area contributed by atoms with Crippen LogP contribution in [0.4, 0.5) is 14.6 Å². The third-order valence-electron chi connectivity index (χ3n) is 3.00. The number of halogens is 3. The molecule has 0 amide bonds. The molecular formula is C14H9ClF2N4. The van der Waals surface area contributed by atoms with Crippen LogP contribution >= 0.6 is 11.6 Å². The molecule has 0 bridgehead atoms. The van der Waals surface area contributed by atoms with Gasteiger partial charge in [-0.1, -0.05) is 23.7 Å². The Morgan fingerprint density at radius 2 is 1.95 bits per heavy atom. The Hall–Kier alpha value is -2.47. The highest BCUT2D eigenvalue weighted by atomic mass is 35.5. The summed E-state index contributed by atoms with van der Waals surface area (Å²) in [6.45, 7) is 0. The molecule has 0 unspecified atom stereocenters. The summed E-state index contributed by atoms with van der Waals surface area (Å²) in [7, 11) is 0. The maximum Gasteiger partial charge on any atom is 0.153 e. The van der Waals surface area contributed by atoms with Gasteiger partial charge in [-0.15, -0.1) is 0 Å². The second kappa shape index (κ2) is 5.14. The van der Waals surface area contributed by atoms with Gasteiger partial charge in [-0.2, -0.15) is 5.10 Å². The first-order valence-corrected chi connectivity index (χ1v) is 6.36. The molecule has 0 aliphatic heterocycles. The van der Waals surface area contributed by atoms with Crippen LogP contribution in [0, 0.1) is 11.6 Å². The molecule has 7 heteroatoms. The Morgan fingerprint density at radius 1 is 1.14 bits per heavy atom. The number of aromatic amines is 1. The molecule has 2 heterocycles. The minimum absolute atomic E-state index is 0.0221. The van der Waals surface area contributed by atoms with E-state index in [-0.39, 0.29) is 16.4 Å². The number of benzene rings is 1. The summed E-state index contributed by atoms with van der Waals surface area (Å²) in [6.07, 6.45) is 1.06. The van der Waals surface area contributed by atoms with Crippen LogP contribution in [0.15, 0.2) is 36.5 Å². The number of nitrogen functional groups attached to an aromatic ring is 1. The maximum atomic E-state index is 14.2. The van der Waals surface area contributed by atoms with Gasteiger partial charge in [0.1, 0.15) is 11.6 Å². The van der Waals surface area contributed by atoms with Crippen LogP contribution < -0.4 is 5.73 Å². The first-order valence-electron chi connectivity index (χ1n) is 5.98. The molecule has 0 spiro atoms. The highest BCUT2D eigenvalue weighted by Crippen LogP contribution is 2.36. The third kappa shape index (κ3) is 2.34. The fourth-order valence-electron chi connectivity index (χ4n) is 2.03. The van der Waals surface area contributed by atoms with Crippen molar-refractivity contribution in [2.75, 3.05) is 5.73 Å². The smallest absolute Gasteiger partial charge is 0.153 e. The van der Waals surface area contributed by atoms with E-state index >= 15 is 0 Å². The Bertz CT molecular complexity index is 799. The summed E-state index contributed by atoms with van der Waals surface area (Å²) < 4.78 is 27.2. The lowest BCUT2D eigenvalue weighted by Gasteiger charge is -2.06. The van der Waals surface area contributed by atoms with Gasteiger partial charge in [0.05, 0.1) is 28.2 Å². The van der Waals surface area contributed by atoms with Gasteiger partial charge in [0, 0.05) is 5.56 Å². The Morgan fingerprint density at radius 3 is 2.67 bits per heavy atom. The fraction of sp³-hybridized carbons (Fsp3) is 0. The molecule has 3 N–H and O–H groups in total. The second-order valence-electron chi connectivity index (χ2n) is 4.32. The summed E-state index contributed by atoms with van der Waals surface area (Å²) in [5.74, 6) is -0.963. The van der Waals surface area contributed by atoms with Crippen LogP contribution in [-0.2, 0) is 0 Å². The summed E-state index contributed by atoms with van der Waals surface area (Å²) in [5, 5.41) is 6.53. The molecule has 106 valence electrons. The van der Waals surface area contributed by atoms with Gasteiger partial charge in [-0.25, -0.2) is 8.78 Å². The molecule has 0 radical (unpaired) electrons. The monoisotopic (exact) mass is 306 g/mol. The molecule has 0 atom stereocenters. The molecule has 0 aliphatic carbocycles. The summed E-state index contributed by atoms with van der Waals surface area (Å²) in [5.41, 5.74) is 7.15. The summed E-state index contributed by atoms with van der Waals surface area (Å²) in [4.78, 5) is 3.94. The van der Waals surface area contributed by atoms with Crippen LogP contribution in [0.5, 0.6) is 0 Å². The van der Waals surface area contributed by atoms with Gasteiger partial charge >= 0.3 is 0 Å². The zero-order valence-corrected chi connectivity index (χ0v) is 11.3. The summed E-state index contributed by atoms with van der Waals surface area (Å²) in [6, 6.07) is 7.28. The minimum Gasteiger partial charge on any atom is -0.382 e. The topological polar surface area (TPSA) is 67.6 Å². The highest BCUT2D eigenvalue weighted by Gasteiger charge is 2.19. The number of nitrogens with zero attached hydrogens (tertiary/aromatic N) is 2. The predicted octanol–water partition coefficient (Wildman–Crippen LogP) is 3.65. The molecular weight excluding hydrogens is 298 g/mol. The van der Waals surface area contributed by atoms with E-state index in [9.17, 15) is 8.78 Å². The van der Waals surface area contributed by atoms with E-state index < -0.39 is 11.6 Å². The zero-order valence-electron chi connectivity index (χ0n) is 10.6. The number of H-pyrrole nitrogens is 1. The van der Waals surface area contributed by atoms with Crippen molar-refractivity contribution in [3.63, 3.8) is 0 Å². The lowest BCUT2D eigenvalue weighted by molar-refractivity contribution is 0.621. The molecule has 3 aromatic rings. The minimum atomic E-state index is -0.601. The summed E-state index contributed by atoms with van der Waals surface area (Å²) >= 11 is 5.79. The molecule has 0 aliphatic rings. The quantitative estimate of drug-likeness (QED) is 0.759. The number of aromatic nitrogens is 3. The SMILES string of the molecule is Nc1n[nH]c(-c2ccc(F)cn2)c1-c1cccc(Cl)c1F. The van der Waals surface area contributed by atoms with Crippen LogP contribution in [0.25, 0.3) is 22.5 Å². The number of rotatable bonds is 2. The standard InChI is InChI=1S/C14H9ClF2N4/c15-9-3-1-2-8(12(9)17)11-13(20-21-14(11)18)10-5-4-7(16)6-19-10/h1-6H,(H3,18,20,21). The normalized spacial score (nSPS) is 10.8. The fourth-order valence-corrected chi connectivity index (χ4v) is 2.21. The van der Waals surface area contributed by atoms with E-state index in [1.807, 2.05) is 0 Å². The van der Waals surface area contributed by atoms with Crippen LogP contribution in [-0.4, -0.2) is 15.2 Å². The molecule has 0 saturated heterocycles. The van der Waals surface area contributed by atoms with Crippen molar-refractivity contribution in [1.29, 1.82) is 0 Å². The third-order valence-corrected chi connectivity index (χ3v) is 3.29. The lowest BCUT2D eigenvalue weighted by Crippen LogP contribution is -1.93. The largest absolute Gasteiger partial charge is 0.382 e. The number of pyridine rings is 1. The van der Waals surface area contributed by atoms with Gasteiger partial charge in [0.2, 0.25) is 0 Å². The number of nitrogens with two attached hydrogens (primary N) is 1. The average Bonchev–Trinajstić information content (AvgIpc) is 2.85. The molecule has 0 saturated carbocycles. The van der Waals surface area contributed by atoms with E-state index in [1.54, 1.807) is 6.07 Å². The van der Waals surface area contributed by atoms with Crippen molar-refractivity contribution in [3.05, 3.63) is 53.2 Å². The number of nitrogens with one attached hydrogen (secondary N) is 1. The van der Waals surface area contributed by atoms with Gasteiger partial charge in [-0.3, -0.25) is 10.1 Å². The van der Waals surface area contributed by atoms with Crippen molar-refractivity contribution in [3.8, 4) is 22.5 Å². The van der Waals surface area contributed by atoms with Crippen molar-refractivity contribution in [2.24, 2.45) is 0 Å². The average molecular weight is 307 g/mol. The molecule has 4 nitrogen and oxygen atoms in total. The van der Waals surface area contributed by atoms with Crippen molar-refractivity contribution >= 4 is 17.4 Å². The van der Waals surface area contributed by atoms with E-state index in [4.69, 9.17) is 17.3 Å². The Labute approximate surface area is 123 Å². The van der Waals surface area contributed by atoms with Gasteiger partial charge in [-0.05, 0) is 18.2 Å². The van der Waals surface area contributed by atoms with Crippen molar-refractivity contribution in [1.82, 2.24) is 15.2 Å². The molecule has 1 aromatic carbocycles. The van der Waals surface area contributed by atoms with Gasteiger partial charge < -0.3 is 5.73 Å². The van der Waals surface area contributed by atoms with E-state index in [0.29, 0.717) is 17.0 Å². The number of hydrogen-bond acceptors (Lipinski definition) is 3.